The van der Waals surface area contributed by atoms with E-state index in [0.29, 0.717) is 31.6 Å². The van der Waals surface area contributed by atoms with E-state index < -0.39 is 10.2 Å². The maximum absolute atomic E-state index is 12.9. The minimum atomic E-state index is -3.55. The number of anilines is 2. The molecule has 0 unspecified atom stereocenters. The van der Waals surface area contributed by atoms with E-state index in [4.69, 9.17) is 0 Å². The van der Waals surface area contributed by atoms with Crippen LogP contribution in [-0.2, 0) is 15.0 Å². The summed E-state index contributed by atoms with van der Waals surface area (Å²) in [6.07, 6.45) is 4.68. The van der Waals surface area contributed by atoms with Gasteiger partial charge in [-0.05, 0) is 42.5 Å². The normalized spacial score (nSPS) is 19.7. The molecule has 1 aromatic heterocycles. The summed E-state index contributed by atoms with van der Waals surface area (Å²) in [5, 5.41) is 1.97. The van der Waals surface area contributed by atoms with E-state index in [2.05, 4.69) is 0 Å². The third-order valence-electron chi connectivity index (χ3n) is 5.09. The van der Waals surface area contributed by atoms with Crippen LogP contribution in [0.25, 0.3) is 6.08 Å². The molecule has 6 nitrogen and oxygen atoms in total. The van der Waals surface area contributed by atoms with Crippen LogP contribution in [0.15, 0.2) is 47.9 Å². The van der Waals surface area contributed by atoms with Crippen molar-refractivity contribution in [3.63, 3.8) is 0 Å². The molecule has 2 aliphatic heterocycles. The highest BCUT2D eigenvalue weighted by molar-refractivity contribution is 7.94. The third-order valence-corrected chi connectivity index (χ3v) is 7.81. The number of carbonyl (C=O) groups is 1. The fourth-order valence-corrected chi connectivity index (χ4v) is 5.92. The lowest BCUT2D eigenvalue weighted by atomic mass is 10.0. The first-order valence-corrected chi connectivity index (χ1v) is 11.1. The van der Waals surface area contributed by atoms with Gasteiger partial charge in [0.2, 0.25) is 5.91 Å². The first-order valence-electron chi connectivity index (χ1n) is 8.86. The van der Waals surface area contributed by atoms with Crippen LogP contribution in [0.4, 0.5) is 11.4 Å². The molecule has 27 heavy (non-hydrogen) atoms. The van der Waals surface area contributed by atoms with Gasteiger partial charge >= 0.3 is 10.2 Å². The molecule has 142 valence electrons. The molecule has 0 N–H and O–H groups in total. The summed E-state index contributed by atoms with van der Waals surface area (Å²) in [5.74, 6) is -0.0244. The van der Waals surface area contributed by atoms with Crippen LogP contribution in [-0.4, -0.2) is 45.4 Å². The Morgan fingerprint density at radius 1 is 1.11 bits per heavy atom. The quantitative estimate of drug-likeness (QED) is 0.741. The van der Waals surface area contributed by atoms with E-state index >= 15 is 0 Å². The van der Waals surface area contributed by atoms with Crippen LogP contribution in [0.3, 0.4) is 0 Å². The fraction of sp³-hybridized carbons (Fsp3) is 0.316. The van der Waals surface area contributed by atoms with Crippen molar-refractivity contribution in [1.29, 1.82) is 0 Å². The van der Waals surface area contributed by atoms with Gasteiger partial charge in [-0.2, -0.15) is 8.42 Å². The standard InChI is InChI=1S/C19H21N3O3S2/c1-20-17-6-2-3-7-18(17)22(27(20,24)25)15-10-12-21(13-11-15)19(23)9-8-16-5-4-14-26-16/h2-9,14-15H,10-13H2,1H3. The van der Waals surface area contributed by atoms with Crippen molar-refractivity contribution in [2.24, 2.45) is 0 Å². The largest absolute Gasteiger partial charge is 0.339 e. The highest BCUT2D eigenvalue weighted by Gasteiger charge is 2.42. The van der Waals surface area contributed by atoms with Gasteiger partial charge in [0.15, 0.2) is 0 Å². The first-order chi connectivity index (χ1) is 13.0. The number of thiophene rings is 1. The number of carbonyl (C=O) groups excluding carboxylic acids is 1. The van der Waals surface area contributed by atoms with Gasteiger partial charge in [-0.1, -0.05) is 18.2 Å². The number of fused-ring (bicyclic) bond motifs is 1. The molecule has 0 radical (unpaired) electrons. The smallest absolute Gasteiger partial charge is 0.326 e. The number of nitrogens with zero attached hydrogens (tertiary/aromatic N) is 3. The van der Waals surface area contributed by atoms with E-state index in [1.807, 2.05) is 47.9 Å². The Kier molecular flexibility index (Phi) is 4.69. The van der Waals surface area contributed by atoms with Crippen molar-refractivity contribution in [2.45, 2.75) is 18.9 Å². The average Bonchev–Trinajstić information content (AvgIpc) is 3.26. The van der Waals surface area contributed by atoms with Gasteiger partial charge in [-0.25, -0.2) is 4.31 Å². The lowest BCUT2D eigenvalue weighted by Crippen LogP contribution is -2.49. The number of piperidine rings is 1. The number of amides is 1. The molecular formula is C19H21N3O3S2. The van der Waals surface area contributed by atoms with Gasteiger partial charge in [-0.3, -0.25) is 9.10 Å². The number of likely N-dealkylation sites (tertiary alicyclic amines) is 1. The molecule has 1 fully saturated rings. The Labute approximate surface area is 163 Å². The Hall–Kier alpha value is -2.32. The van der Waals surface area contributed by atoms with E-state index in [1.165, 1.54) is 8.61 Å². The third kappa shape index (κ3) is 3.23. The summed E-state index contributed by atoms with van der Waals surface area (Å²) in [5.41, 5.74) is 1.43. The van der Waals surface area contributed by atoms with E-state index in [1.54, 1.807) is 29.4 Å². The van der Waals surface area contributed by atoms with Crippen molar-refractivity contribution < 1.29 is 13.2 Å². The van der Waals surface area contributed by atoms with Crippen molar-refractivity contribution in [3.05, 3.63) is 52.7 Å². The highest BCUT2D eigenvalue weighted by atomic mass is 32.2. The van der Waals surface area contributed by atoms with Gasteiger partial charge in [0.05, 0.1) is 17.4 Å². The van der Waals surface area contributed by atoms with Crippen molar-refractivity contribution in [2.75, 3.05) is 28.7 Å². The van der Waals surface area contributed by atoms with E-state index in [0.717, 1.165) is 10.6 Å². The maximum atomic E-state index is 12.9. The van der Waals surface area contributed by atoms with Crippen LogP contribution in [0.1, 0.15) is 17.7 Å². The molecule has 0 bridgehead atoms. The average molecular weight is 404 g/mol. The van der Waals surface area contributed by atoms with Crippen molar-refractivity contribution >= 4 is 44.9 Å². The number of hydrogen-bond acceptors (Lipinski definition) is 4. The summed E-state index contributed by atoms with van der Waals surface area (Å²) in [6, 6.07) is 11.1. The monoisotopic (exact) mass is 403 g/mol. The minimum Gasteiger partial charge on any atom is -0.339 e. The lowest BCUT2D eigenvalue weighted by molar-refractivity contribution is -0.126. The maximum Gasteiger partial charge on any atom is 0.326 e. The lowest BCUT2D eigenvalue weighted by Gasteiger charge is -2.36. The van der Waals surface area contributed by atoms with Gasteiger partial charge in [-0.15, -0.1) is 11.3 Å². The van der Waals surface area contributed by atoms with Crippen molar-refractivity contribution in [1.82, 2.24) is 4.90 Å². The summed E-state index contributed by atoms with van der Waals surface area (Å²) >= 11 is 1.59. The first kappa shape index (κ1) is 18.1. The Bertz CT molecular complexity index is 962. The molecule has 2 aromatic rings. The molecule has 2 aliphatic rings. The predicted molar refractivity (Wildman–Crippen MR) is 109 cm³/mol. The molecule has 1 aromatic carbocycles. The number of benzene rings is 1. The van der Waals surface area contributed by atoms with Gasteiger partial charge < -0.3 is 4.90 Å². The van der Waals surface area contributed by atoms with Crippen LogP contribution < -0.4 is 8.61 Å². The second-order valence-electron chi connectivity index (χ2n) is 6.67. The molecule has 4 rings (SSSR count). The van der Waals surface area contributed by atoms with E-state index in [-0.39, 0.29) is 11.9 Å². The molecule has 1 saturated heterocycles. The van der Waals surface area contributed by atoms with Crippen LogP contribution in [0.5, 0.6) is 0 Å². The summed E-state index contributed by atoms with van der Waals surface area (Å²) < 4.78 is 28.6. The topological polar surface area (TPSA) is 60.9 Å². The van der Waals surface area contributed by atoms with Gasteiger partial charge in [0, 0.05) is 31.1 Å². The zero-order valence-corrected chi connectivity index (χ0v) is 16.6. The zero-order valence-electron chi connectivity index (χ0n) is 15.0. The number of hydrogen-bond donors (Lipinski definition) is 0. The van der Waals surface area contributed by atoms with Crippen molar-refractivity contribution in [3.8, 4) is 0 Å². The number of para-hydroxylation sites is 2. The predicted octanol–water partition coefficient (Wildman–Crippen LogP) is 2.95. The van der Waals surface area contributed by atoms with Gasteiger partial charge in [0.1, 0.15) is 0 Å². The Balaban J connectivity index is 1.46. The second kappa shape index (κ2) is 7.01. The Morgan fingerprint density at radius 2 is 1.81 bits per heavy atom. The molecule has 1 amide bonds. The van der Waals surface area contributed by atoms with Crippen LogP contribution >= 0.6 is 11.3 Å². The molecule has 3 heterocycles. The highest BCUT2D eigenvalue weighted by Crippen LogP contribution is 2.42. The van der Waals surface area contributed by atoms with E-state index in [9.17, 15) is 13.2 Å². The molecule has 0 spiro atoms. The SMILES string of the molecule is CN1c2ccccc2N(C2CCN(C(=O)C=Cc3cccs3)CC2)S1(=O)=O. The summed E-state index contributed by atoms with van der Waals surface area (Å²) in [6.45, 7) is 1.10. The number of rotatable bonds is 3. The summed E-state index contributed by atoms with van der Waals surface area (Å²) in [7, 11) is -1.97. The molecular weight excluding hydrogens is 382 g/mol. The molecule has 0 aliphatic carbocycles. The van der Waals surface area contributed by atoms with Gasteiger partial charge in [0.25, 0.3) is 0 Å². The molecule has 0 saturated carbocycles. The zero-order chi connectivity index (χ0) is 19.0. The summed E-state index contributed by atoms with van der Waals surface area (Å²) in [4.78, 5) is 15.2. The molecule has 8 heteroatoms. The second-order valence-corrected chi connectivity index (χ2v) is 9.48. The van der Waals surface area contributed by atoms with Crippen LogP contribution in [0.2, 0.25) is 0 Å². The Morgan fingerprint density at radius 3 is 2.48 bits per heavy atom. The van der Waals surface area contributed by atoms with Crippen LogP contribution in [0, 0.1) is 0 Å². The fourth-order valence-electron chi connectivity index (χ4n) is 3.65. The molecule has 0 atom stereocenters. The minimum absolute atomic E-state index is 0.0244.